The SMILES string of the molecule is CCC(C)(CN)NC(=O)CCC(F)(F)F. The molecule has 1 atom stereocenters. The van der Waals surface area contributed by atoms with Gasteiger partial charge in [0.15, 0.2) is 0 Å². The van der Waals surface area contributed by atoms with Gasteiger partial charge in [-0.1, -0.05) is 6.92 Å². The fourth-order valence-electron chi connectivity index (χ4n) is 0.938. The van der Waals surface area contributed by atoms with E-state index in [9.17, 15) is 18.0 Å². The molecular formula is C9H17F3N2O. The molecule has 0 fully saturated rings. The maximum Gasteiger partial charge on any atom is 0.389 e. The van der Waals surface area contributed by atoms with Crippen LogP contribution in [0.4, 0.5) is 13.2 Å². The summed E-state index contributed by atoms with van der Waals surface area (Å²) in [6.07, 6.45) is -5.34. The van der Waals surface area contributed by atoms with Gasteiger partial charge in [-0.15, -0.1) is 0 Å². The van der Waals surface area contributed by atoms with Crippen LogP contribution in [0, 0.1) is 0 Å². The van der Waals surface area contributed by atoms with Crippen LogP contribution in [0.25, 0.3) is 0 Å². The Hall–Kier alpha value is -0.780. The number of alkyl halides is 3. The molecule has 1 unspecified atom stereocenters. The van der Waals surface area contributed by atoms with Crippen molar-refractivity contribution in [1.82, 2.24) is 5.32 Å². The van der Waals surface area contributed by atoms with Gasteiger partial charge in [0.2, 0.25) is 5.91 Å². The number of hydrogen-bond donors (Lipinski definition) is 2. The van der Waals surface area contributed by atoms with E-state index in [2.05, 4.69) is 5.32 Å². The minimum Gasteiger partial charge on any atom is -0.350 e. The molecule has 0 aromatic rings. The van der Waals surface area contributed by atoms with Crippen LogP contribution >= 0.6 is 0 Å². The lowest BCUT2D eigenvalue weighted by Crippen LogP contribution is -2.51. The number of hydrogen-bond acceptors (Lipinski definition) is 2. The second-order valence-corrected chi connectivity index (χ2v) is 3.78. The molecule has 1 amide bonds. The average Bonchev–Trinajstić information content (AvgIpc) is 2.13. The molecule has 0 bridgehead atoms. The van der Waals surface area contributed by atoms with Gasteiger partial charge in [-0.2, -0.15) is 13.2 Å². The highest BCUT2D eigenvalue weighted by Gasteiger charge is 2.29. The van der Waals surface area contributed by atoms with E-state index in [1.54, 1.807) is 6.92 Å². The molecule has 0 aliphatic heterocycles. The first-order valence-electron chi connectivity index (χ1n) is 4.80. The highest BCUT2D eigenvalue weighted by atomic mass is 19.4. The maximum absolute atomic E-state index is 11.8. The van der Waals surface area contributed by atoms with Gasteiger partial charge in [0.05, 0.1) is 6.42 Å². The molecule has 0 aromatic carbocycles. The first kappa shape index (κ1) is 14.2. The number of nitrogens with two attached hydrogens (primary N) is 1. The predicted octanol–water partition coefficient (Wildman–Crippen LogP) is 1.57. The van der Waals surface area contributed by atoms with Gasteiger partial charge in [-0.25, -0.2) is 0 Å². The third kappa shape index (κ3) is 6.33. The largest absolute Gasteiger partial charge is 0.389 e. The van der Waals surface area contributed by atoms with Crippen molar-refractivity contribution in [2.24, 2.45) is 5.73 Å². The molecule has 0 rings (SSSR count). The van der Waals surface area contributed by atoms with Crippen LogP contribution in [0.5, 0.6) is 0 Å². The number of nitrogens with one attached hydrogen (secondary N) is 1. The van der Waals surface area contributed by atoms with Crippen LogP contribution in [0.2, 0.25) is 0 Å². The maximum atomic E-state index is 11.8. The molecule has 0 aromatic heterocycles. The average molecular weight is 226 g/mol. The van der Waals surface area contributed by atoms with E-state index in [0.29, 0.717) is 6.42 Å². The van der Waals surface area contributed by atoms with Gasteiger partial charge >= 0.3 is 6.18 Å². The second-order valence-electron chi connectivity index (χ2n) is 3.78. The number of carbonyl (C=O) groups is 1. The zero-order valence-corrected chi connectivity index (χ0v) is 8.95. The molecule has 3 N–H and O–H groups in total. The summed E-state index contributed by atoms with van der Waals surface area (Å²) in [5.41, 5.74) is 4.80. The van der Waals surface area contributed by atoms with Crippen LogP contribution in [-0.4, -0.2) is 24.2 Å². The van der Waals surface area contributed by atoms with Crippen molar-refractivity contribution in [3.05, 3.63) is 0 Å². The van der Waals surface area contributed by atoms with Gasteiger partial charge < -0.3 is 11.1 Å². The smallest absolute Gasteiger partial charge is 0.350 e. The molecule has 15 heavy (non-hydrogen) atoms. The standard InChI is InChI=1S/C9H17F3N2O/c1-3-8(2,6-13)14-7(15)4-5-9(10,11)12/h3-6,13H2,1-2H3,(H,14,15). The second kappa shape index (κ2) is 5.34. The fraction of sp³-hybridized carbons (Fsp3) is 0.889. The highest BCUT2D eigenvalue weighted by Crippen LogP contribution is 2.21. The van der Waals surface area contributed by atoms with Crippen LogP contribution < -0.4 is 11.1 Å². The highest BCUT2D eigenvalue weighted by molar-refractivity contribution is 5.76. The molecule has 3 nitrogen and oxygen atoms in total. The molecule has 6 heteroatoms. The lowest BCUT2D eigenvalue weighted by atomic mass is 9.99. The quantitative estimate of drug-likeness (QED) is 0.747. The van der Waals surface area contributed by atoms with Crippen molar-refractivity contribution in [3.63, 3.8) is 0 Å². The van der Waals surface area contributed by atoms with Crippen LogP contribution in [-0.2, 0) is 4.79 Å². The monoisotopic (exact) mass is 226 g/mol. The van der Waals surface area contributed by atoms with E-state index in [0.717, 1.165) is 0 Å². The van der Waals surface area contributed by atoms with Crippen LogP contribution in [0.15, 0.2) is 0 Å². The Morgan fingerprint density at radius 2 is 1.93 bits per heavy atom. The summed E-state index contributed by atoms with van der Waals surface area (Å²) in [5.74, 6) is -0.609. The van der Waals surface area contributed by atoms with Gasteiger partial charge in [0, 0.05) is 18.5 Å². The predicted molar refractivity (Wildman–Crippen MR) is 51.2 cm³/mol. The Morgan fingerprint density at radius 1 is 1.40 bits per heavy atom. The number of halogens is 3. The Labute approximate surface area is 87.2 Å². The minimum atomic E-state index is -4.29. The number of amides is 1. The van der Waals surface area contributed by atoms with E-state index < -0.39 is 30.5 Å². The molecule has 0 aliphatic rings. The minimum absolute atomic E-state index is 0.210. The van der Waals surface area contributed by atoms with Crippen molar-refractivity contribution in [2.45, 2.75) is 44.8 Å². The Morgan fingerprint density at radius 3 is 2.27 bits per heavy atom. The lowest BCUT2D eigenvalue weighted by molar-refractivity contribution is -0.144. The molecular weight excluding hydrogens is 209 g/mol. The van der Waals surface area contributed by atoms with Crippen molar-refractivity contribution in [2.75, 3.05) is 6.54 Å². The Kier molecular flexibility index (Phi) is 5.07. The molecule has 0 radical (unpaired) electrons. The lowest BCUT2D eigenvalue weighted by Gasteiger charge is -2.28. The Bertz CT molecular complexity index is 212. The topological polar surface area (TPSA) is 55.1 Å². The Balaban J connectivity index is 4.04. The van der Waals surface area contributed by atoms with Crippen molar-refractivity contribution in [1.29, 1.82) is 0 Å². The van der Waals surface area contributed by atoms with Crippen molar-refractivity contribution >= 4 is 5.91 Å². The van der Waals surface area contributed by atoms with Crippen LogP contribution in [0.3, 0.4) is 0 Å². The normalized spacial score (nSPS) is 15.9. The van der Waals surface area contributed by atoms with Gasteiger partial charge in [0.25, 0.3) is 0 Å². The molecule has 0 aliphatic carbocycles. The van der Waals surface area contributed by atoms with E-state index in [4.69, 9.17) is 5.73 Å². The number of carbonyl (C=O) groups excluding carboxylic acids is 1. The summed E-state index contributed by atoms with van der Waals surface area (Å²) in [4.78, 5) is 11.2. The van der Waals surface area contributed by atoms with E-state index in [1.807, 2.05) is 6.92 Å². The van der Waals surface area contributed by atoms with Crippen molar-refractivity contribution in [3.8, 4) is 0 Å². The summed E-state index contributed by atoms with van der Waals surface area (Å²) in [7, 11) is 0. The van der Waals surface area contributed by atoms with Crippen LogP contribution in [0.1, 0.15) is 33.1 Å². The molecule has 90 valence electrons. The third-order valence-electron chi connectivity index (χ3n) is 2.31. The molecule has 0 saturated heterocycles. The van der Waals surface area contributed by atoms with Gasteiger partial charge in [-0.3, -0.25) is 4.79 Å². The third-order valence-corrected chi connectivity index (χ3v) is 2.31. The summed E-state index contributed by atoms with van der Waals surface area (Å²) >= 11 is 0. The zero-order chi connectivity index (χ0) is 12.1. The van der Waals surface area contributed by atoms with E-state index in [-0.39, 0.29) is 6.54 Å². The van der Waals surface area contributed by atoms with Gasteiger partial charge in [-0.05, 0) is 13.3 Å². The summed E-state index contributed by atoms with van der Waals surface area (Å²) in [5, 5.41) is 2.50. The number of rotatable bonds is 5. The van der Waals surface area contributed by atoms with Gasteiger partial charge in [0.1, 0.15) is 0 Å². The zero-order valence-electron chi connectivity index (χ0n) is 8.95. The molecule has 0 spiro atoms. The van der Waals surface area contributed by atoms with E-state index in [1.165, 1.54) is 0 Å². The summed E-state index contributed by atoms with van der Waals surface area (Å²) < 4.78 is 35.4. The first-order valence-corrected chi connectivity index (χ1v) is 4.80. The van der Waals surface area contributed by atoms with E-state index >= 15 is 0 Å². The summed E-state index contributed by atoms with van der Waals surface area (Å²) in [6, 6.07) is 0. The molecule has 0 saturated carbocycles. The fourth-order valence-corrected chi connectivity index (χ4v) is 0.938. The first-order chi connectivity index (χ1) is 6.72. The summed E-state index contributed by atoms with van der Waals surface area (Å²) in [6.45, 7) is 3.73. The van der Waals surface area contributed by atoms with Crippen molar-refractivity contribution < 1.29 is 18.0 Å². The molecule has 0 heterocycles.